The molecular weight excluding hydrogens is 266 g/mol. The van der Waals surface area contributed by atoms with Gasteiger partial charge in [-0.2, -0.15) is 0 Å². The molecule has 1 N–H and O–H groups in total. The van der Waals surface area contributed by atoms with Crippen LogP contribution in [0.1, 0.15) is 10.4 Å². The van der Waals surface area contributed by atoms with Crippen molar-refractivity contribution in [3.8, 4) is 5.75 Å². The van der Waals surface area contributed by atoms with Crippen molar-refractivity contribution in [1.29, 1.82) is 0 Å². The lowest BCUT2D eigenvalue weighted by molar-refractivity contribution is -0.384. The molecule has 0 atom stereocenters. The van der Waals surface area contributed by atoms with E-state index in [9.17, 15) is 19.7 Å². The first-order valence-electron chi connectivity index (χ1n) is 6.01. The summed E-state index contributed by atoms with van der Waals surface area (Å²) in [7, 11) is 0. The topological polar surface area (TPSA) is 102 Å². The van der Waals surface area contributed by atoms with Gasteiger partial charge in [0.25, 0.3) is 5.69 Å². The van der Waals surface area contributed by atoms with Gasteiger partial charge in [0.2, 0.25) is 0 Å². The van der Waals surface area contributed by atoms with Gasteiger partial charge in [-0.05, 0) is 6.07 Å². The van der Waals surface area contributed by atoms with Crippen LogP contribution < -0.4 is 10.1 Å². The third-order valence-electron chi connectivity index (χ3n) is 2.90. The van der Waals surface area contributed by atoms with Gasteiger partial charge in [-0.15, -0.1) is 0 Å². The quantitative estimate of drug-likeness (QED) is 0.471. The standard InChI is InChI=1S/C12H13N3O5/c16-8-9-7-10(15(18)19)1-2-11(9)20-6-5-14-4-3-13-12(14)17/h1-2,7-8H,3-6H2,(H,13,17). The second-order valence-corrected chi connectivity index (χ2v) is 4.16. The highest BCUT2D eigenvalue weighted by Gasteiger charge is 2.19. The van der Waals surface area contributed by atoms with E-state index in [4.69, 9.17) is 4.74 Å². The molecule has 8 nitrogen and oxygen atoms in total. The molecule has 0 spiro atoms. The molecule has 1 fully saturated rings. The fourth-order valence-corrected chi connectivity index (χ4v) is 1.86. The van der Waals surface area contributed by atoms with Gasteiger partial charge in [-0.3, -0.25) is 14.9 Å². The molecule has 1 aromatic carbocycles. The van der Waals surface area contributed by atoms with Gasteiger partial charge in [-0.1, -0.05) is 0 Å². The number of carbonyl (C=O) groups excluding carboxylic acids is 2. The SMILES string of the molecule is O=Cc1cc([N+](=O)[O-])ccc1OCCN1CCNC1=O. The molecule has 0 unspecified atom stereocenters. The maximum absolute atomic E-state index is 11.3. The number of ether oxygens (including phenoxy) is 1. The van der Waals surface area contributed by atoms with Gasteiger partial charge in [0, 0.05) is 25.2 Å². The molecule has 0 aliphatic carbocycles. The summed E-state index contributed by atoms with van der Waals surface area (Å²) >= 11 is 0. The van der Waals surface area contributed by atoms with E-state index in [1.54, 1.807) is 4.90 Å². The Hall–Kier alpha value is -2.64. The molecule has 0 saturated carbocycles. The molecular formula is C12H13N3O5. The second-order valence-electron chi connectivity index (χ2n) is 4.16. The van der Waals surface area contributed by atoms with E-state index in [1.165, 1.54) is 12.1 Å². The van der Waals surface area contributed by atoms with Gasteiger partial charge in [0.1, 0.15) is 12.4 Å². The van der Waals surface area contributed by atoms with E-state index in [0.29, 0.717) is 25.9 Å². The first-order valence-corrected chi connectivity index (χ1v) is 6.01. The number of rotatable bonds is 6. The van der Waals surface area contributed by atoms with Crippen LogP contribution in [0.4, 0.5) is 10.5 Å². The first kappa shape index (κ1) is 13.8. The van der Waals surface area contributed by atoms with Crippen molar-refractivity contribution in [3.63, 3.8) is 0 Å². The Bertz CT molecular complexity index is 546. The Morgan fingerprint density at radius 1 is 1.50 bits per heavy atom. The predicted octanol–water partition coefficient (Wildman–Crippen LogP) is 0.811. The molecule has 1 saturated heterocycles. The van der Waals surface area contributed by atoms with Crippen LogP contribution in [0.5, 0.6) is 5.75 Å². The average Bonchev–Trinajstić information content (AvgIpc) is 2.84. The minimum atomic E-state index is -0.578. The summed E-state index contributed by atoms with van der Waals surface area (Å²) in [5, 5.41) is 13.3. The number of carbonyl (C=O) groups is 2. The zero-order chi connectivity index (χ0) is 14.5. The third kappa shape index (κ3) is 3.02. The number of nitro benzene ring substituents is 1. The summed E-state index contributed by atoms with van der Waals surface area (Å²) < 4.78 is 5.40. The lowest BCUT2D eigenvalue weighted by Crippen LogP contribution is -2.31. The monoisotopic (exact) mass is 279 g/mol. The van der Waals surface area contributed by atoms with Crippen LogP contribution in [0.25, 0.3) is 0 Å². The fraction of sp³-hybridized carbons (Fsp3) is 0.333. The number of non-ortho nitro benzene ring substituents is 1. The van der Waals surface area contributed by atoms with Crippen LogP contribution >= 0.6 is 0 Å². The highest BCUT2D eigenvalue weighted by atomic mass is 16.6. The van der Waals surface area contributed by atoms with Gasteiger partial charge < -0.3 is 15.0 Å². The first-order chi connectivity index (χ1) is 9.61. The van der Waals surface area contributed by atoms with E-state index < -0.39 is 4.92 Å². The number of nitro groups is 1. The fourth-order valence-electron chi connectivity index (χ4n) is 1.86. The zero-order valence-corrected chi connectivity index (χ0v) is 10.6. The predicted molar refractivity (Wildman–Crippen MR) is 69.0 cm³/mol. The molecule has 0 bridgehead atoms. The molecule has 2 rings (SSSR count). The maximum Gasteiger partial charge on any atom is 0.317 e. The van der Waals surface area contributed by atoms with Gasteiger partial charge in [0.05, 0.1) is 17.0 Å². The van der Waals surface area contributed by atoms with Crippen molar-refractivity contribution in [2.24, 2.45) is 0 Å². The summed E-state index contributed by atoms with van der Waals surface area (Å²) in [6.07, 6.45) is 0.505. The summed E-state index contributed by atoms with van der Waals surface area (Å²) in [6.45, 7) is 1.83. The second kappa shape index (κ2) is 6.00. The van der Waals surface area contributed by atoms with Crippen molar-refractivity contribution in [1.82, 2.24) is 10.2 Å². The van der Waals surface area contributed by atoms with Crippen molar-refractivity contribution < 1.29 is 19.2 Å². The van der Waals surface area contributed by atoms with Crippen molar-refractivity contribution >= 4 is 18.0 Å². The van der Waals surface area contributed by atoms with Gasteiger partial charge >= 0.3 is 6.03 Å². The maximum atomic E-state index is 11.3. The van der Waals surface area contributed by atoms with E-state index in [0.717, 1.165) is 6.07 Å². The summed E-state index contributed by atoms with van der Waals surface area (Å²) in [4.78, 5) is 33.8. The Kier molecular flexibility index (Phi) is 4.14. The lowest BCUT2D eigenvalue weighted by Gasteiger charge is -2.15. The summed E-state index contributed by atoms with van der Waals surface area (Å²) in [6, 6.07) is 3.66. The van der Waals surface area contributed by atoms with Crippen LogP contribution in [0.15, 0.2) is 18.2 Å². The summed E-state index contributed by atoms with van der Waals surface area (Å²) in [5.41, 5.74) is -0.0524. The molecule has 0 radical (unpaired) electrons. The molecule has 1 aromatic rings. The van der Waals surface area contributed by atoms with E-state index in [1.807, 2.05) is 0 Å². The van der Waals surface area contributed by atoms with Crippen molar-refractivity contribution in [2.45, 2.75) is 0 Å². The molecule has 1 aliphatic heterocycles. The minimum Gasteiger partial charge on any atom is -0.491 e. The van der Waals surface area contributed by atoms with E-state index in [2.05, 4.69) is 5.32 Å². The number of hydrogen-bond acceptors (Lipinski definition) is 5. The normalized spacial score (nSPS) is 14.0. The number of hydrogen-bond donors (Lipinski definition) is 1. The number of benzene rings is 1. The molecule has 1 aliphatic rings. The van der Waals surface area contributed by atoms with Crippen LogP contribution in [-0.2, 0) is 0 Å². The summed E-state index contributed by atoms with van der Waals surface area (Å²) in [5.74, 6) is 0.269. The van der Waals surface area contributed by atoms with Crippen molar-refractivity contribution in [3.05, 3.63) is 33.9 Å². The Balaban J connectivity index is 1.96. The highest BCUT2D eigenvalue weighted by Crippen LogP contribution is 2.22. The van der Waals surface area contributed by atoms with Gasteiger partial charge in [0.15, 0.2) is 6.29 Å². The van der Waals surface area contributed by atoms with Crippen LogP contribution in [-0.4, -0.2) is 48.4 Å². The number of nitrogens with zero attached hydrogens (tertiary/aromatic N) is 2. The number of aldehydes is 1. The van der Waals surface area contributed by atoms with Crippen LogP contribution in [0, 0.1) is 10.1 Å². The highest BCUT2D eigenvalue weighted by molar-refractivity contribution is 5.80. The van der Waals surface area contributed by atoms with E-state index >= 15 is 0 Å². The Morgan fingerprint density at radius 2 is 2.30 bits per heavy atom. The Labute approximate surface area is 114 Å². The van der Waals surface area contributed by atoms with Crippen LogP contribution in [0.3, 0.4) is 0 Å². The molecule has 8 heteroatoms. The molecule has 2 amide bonds. The minimum absolute atomic E-state index is 0.116. The average molecular weight is 279 g/mol. The van der Waals surface area contributed by atoms with Crippen molar-refractivity contribution in [2.75, 3.05) is 26.2 Å². The number of urea groups is 1. The molecule has 1 heterocycles. The number of amides is 2. The Morgan fingerprint density at radius 3 is 2.90 bits per heavy atom. The molecule has 20 heavy (non-hydrogen) atoms. The zero-order valence-electron chi connectivity index (χ0n) is 10.6. The van der Waals surface area contributed by atoms with Gasteiger partial charge in [-0.25, -0.2) is 4.79 Å². The molecule has 106 valence electrons. The van der Waals surface area contributed by atoms with Crippen LogP contribution in [0.2, 0.25) is 0 Å². The molecule has 0 aromatic heterocycles. The van der Waals surface area contributed by atoms with E-state index in [-0.39, 0.29) is 29.6 Å². The smallest absolute Gasteiger partial charge is 0.317 e. The lowest BCUT2D eigenvalue weighted by atomic mass is 10.2. The third-order valence-corrected chi connectivity index (χ3v) is 2.90. The number of nitrogens with one attached hydrogen (secondary N) is 1. The largest absolute Gasteiger partial charge is 0.491 e.